The molecule has 26 heavy (non-hydrogen) atoms. The summed E-state index contributed by atoms with van der Waals surface area (Å²) < 4.78 is 0. The SMILES string of the molecule is NN(C/C=C/c1ccccc1)C1CCN(C(=O)Nc2ccncc2)CC1. The van der Waals surface area contributed by atoms with Gasteiger partial charge in [-0.15, -0.1) is 0 Å². The highest BCUT2D eigenvalue weighted by atomic mass is 16.2. The topological polar surface area (TPSA) is 74.5 Å². The van der Waals surface area contributed by atoms with Crippen LogP contribution in [0.4, 0.5) is 10.5 Å². The normalized spacial score (nSPS) is 15.5. The Bertz CT molecular complexity index is 711. The van der Waals surface area contributed by atoms with E-state index in [0.717, 1.165) is 18.5 Å². The maximum atomic E-state index is 12.3. The van der Waals surface area contributed by atoms with E-state index in [9.17, 15) is 4.79 Å². The number of nitrogens with one attached hydrogen (secondary N) is 1. The lowest BCUT2D eigenvalue weighted by atomic mass is 10.0. The van der Waals surface area contributed by atoms with Crippen LogP contribution in [0.25, 0.3) is 6.08 Å². The Morgan fingerprint density at radius 2 is 1.88 bits per heavy atom. The van der Waals surface area contributed by atoms with Gasteiger partial charge in [0.25, 0.3) is 0 Å². The molecule has 1 saturated heterocycles. The van der Waals surface area contributed by atoms with Gasteiger partial charge in [0.1, 0.15) is 0 Å². The zero-order chi connectivity index (χ0) is 18.2. The fourth-order valence-corrected chi connectivity index (χ4v) is 3.06. The Morgan fingerprint density at radius 3 is 2.58 bits per heavy atom. The molecule has 1 aliphatic rings. The number of hydrogen-bond donors (Lipinski definition) is 2. The summed E-state index contributed by atoms with van der Waals surface area (Å²) in [6.07, 6.45) is 9.24. The Hall–Kier alpha value is -2.70. The van der Waals surface area contributed by atoms with Crippen molar-refractivity contribution in [3.05, 3.63) is 66.5 Å². The number of urea groups is 1. The van der Waals surface area contributed by atoms with Crippen LogP contribution in [0.15, 0.2) is 60.9 Å². The van der Waals surface area contributed by atoms with Gasteiger partial charge in [0.2, 0.25) is 0 Å². The Balaban J connectivity index is 1.42. The molecule has 0 radical (unpaired) electrons. The third kappa shape index (κ3) is 5.15. The number of nitrogens with two attached hydrogens (primary N) is 1. The van der Waals surface area contributed by atoms with E-state index in [1.54, 1.807) is 24.5 Å². The summed E-state index contributed by atoms with van der Waals surface area (Å²) in [7, 11) is 0. The molecular formula is C20H25N5O. The summed E-state index contributed by atoms with van der Waals surface area (Å²) in [6, 6.07) is 14.0. The number of hydrogen-bond acceptors (Lipinski definition) is 4. The number of anilines is 1. The molecule has 0 spiro atoms. The number of likely N-dealkylation sites (tertiary alicyclic amines) is 1. The highest BCUT2D eigenvalue weighted by Gasteiger charge is 2.25. The van der Waals surface area contributed by atoms with E-state index >= 15 is 0 Å². The number of amides is 2. The van der Waals surface area contributed by atoms with E-state index in [-0.39, 0.29) is 6.03 Å². The maximum Gasteiger partial charge on any atom is 0.321 e. The van der Waals surface area contributed by atoms with Gasteiger partial charge in [-0.2, -0.15) is 0 Å². The molecule has 2 heterocycles. The Labute approximate surface area is 154 Å². The second-order valence-corrected chi connectivity index (χ2v) is 6.39. The second-order valence-electron chi connectivity index (χ2n) is 6.39. The van der Waals surface area contributed by atoms with Crippen LogP contribution in [0.5, 0.6) is 0 Å². The van der Waals surface area contributed by atoms with Gasteiger partial charge < -0.3 is 10.2 Å². The molecule has 0 saturated carbocycles. The minimum Gasteiger partial charge on any atom is -0.324 e. The van der Waals surface area contributed by atoms with Crippen LogP contribution < -0.4 is 11.2 Å². The van der Waals surface area contributed by atoms with E-state index in [1.807, 2.05) is 28.1 Å². The van der Waals surface area contributed by atoms with Gasteiger partial charge in [-0.25, -0.2) is 9.80 Å². The molecule has 0 aliphatic carbocycles. The molecule has 1 fully saturated rings. The van der Waals surface area contributed by atoms with Crippen molar-refractivity contribution in [2.45, 2.75) is 18.9 Å². The number of piperidine rings is 1. The van der Waals surface area contributed by atoms with Crippen LogP contribution >= 0.6 is 0 Å². The number of aromatic nitrogens is 1. The third-order valence-corrected chi connectivity index (χ3v) is 4.58. The first-order valence-corrected chi connectivity index (χ1v) is 8.91. The largest absolute Gasteiger partial charge is 0.324 e. The summed E-state index contributed by atoms with van der Waals surface area (Å²) in [5.41, 5.74) is 1.93. The predicted molar refractivity (Wildman–Crippen MR) is 104 cm³/mol. The molecular weight excluding hydrogens is 326 g/mol. The van der Waals surface area contributed by atoms with Crippen LogP contribution in [0.1, 0.15) is 18.4 Å². The average molecular weight is 351 g/mol. The van der Waals surface area contributed by atoms with Crippen molar-refractivity contribution in [1.29, 1.82) is 0 Å². The van der Waals surface area contributed by atoms with Crippen molar-refractivity contribution in [2.75, 3.05) is 25.0 Å². The minimum absolute atomic E-state index is 0.0674. The summed E-state index contributed by atoms with van der Waals surface area (Å²) in [4.78, 5) is 18.1. The second kappa shape index (κ2) is 9.12. The van der Waals surface area contributed by atoms with Crippen LogP contribution in [-0.2, 0) is 0 Å². The number of pyridine rings is 1. The highest BCUT2D eigenvalue weighted by Crippen LogP contribution is 2.16. The molecule has 6 heteroatoms. The molecule has 3 N–H and O–H groups in total. The van der Waals surface area contributed by atoms with Crippen molar-refractivity contribution in [3.63, 3.8) is 0 Å². The first kappa shape index (κ1) is 18.1. The average Bonchev–Trinajstić information content (AvgIpc) is 2.69. The number of carbonyl (C=O) groups is 1. The van der Waals surface area contributed by atoms with Gasteiger partial charge in [0, 0.05) is 43.8 Å². The zero-order valence-corrected chi connectivity index (χ0v) is 14.8. The number of nitrogens with zero attached hydrogens (tertiary/aromatic N) is 3. The van der Waals surface area contributed by atoms with E-state index in [2.05, 4.69) is 34.6 Å². The zero-order valence-electron chi connectivity index (χ0n) is 14.8. The van der Waals surface area contributed by atoms with E-state index < -0.39 is 0 Å². The molecule has 0 bridgehead atoms. The number of carbonyl (C=O) groups excluding carboxylic acids is 1. The fourth-order valence-electron chi connectivity index (χ4n) is 3.06. The van der Waals surface area contributed by atoms with Gasteiger partial charge in [0.05, 0.1) is 0 Å². The lowest BCUT2D eigenvalue weighted by Gasteiger charge is -2.35. The molecule has 6 nitrogen and oxygen atoms in total. The van der Waals surface area contributed by atoms with E-state index in [4.69, 9.17) is 5.84 Å². The molecule has 1 aromatic heterocycles. The Kier molecular flexibility index (Phi) is 6.35. The predicted octanol–water partition coefficient (Wildman–Crippen LogP) is 2.97. The van der Waals surface area contributed by atoms with Gasteiger partial charge >= 0.3 is 6.03 Å². The third-order valence-electron chi connectivity index (χ3n) is 4.58. The van der Waals surface area contributed by atoms with Gasteiger partial charge in [-0.05, 0) is 30.5 Å². The Morgan fingerprint density at radius 1 is 1.19 bits per heavy atom. The van der Waals surface area contributed by atoms with Crippen LogP contribution in [-0.4, -0.2) is 46.6 Å². The van der Waals surface area contributed by atoms with Gasteiger partial charge in [-0.1, -0.05) is 42.5 Å². The lowest BCUT2D eigenvalue weighted by molar-refractivity contribution is 0.131. The lowest BCUT2D eigenvalue weighted by Crippen LogP contribution is -2.50. The summed E-state index contributed by atoms with van der Waals surface area (Å²) in [5.74, 6) is 6.21. The van der Waals surface area contributed by atoms with Crippen molar-refractivity contribution in [2.24, 2.45) is 5.84 Å². The molecule has 2 aromatic rings. The number of rotatable bonds is 5. The van der Waals surface area contributed by atoms with Crippen LogP contribution in [0.2, 0.25) is 0 Å². The minimum atomic E-state index is -0.0674. The smallest absolute Gasteiger partial charge is 0.321 e. The molecule has 0 unspecified atom stereocenters. The monoisotopic (exact) mass is 351 g/mol. The molecule has 0 atom stereocenters. The van der Waals surface area contributed by atoms with Crippen LogP contribution in [0.3, 0.4) is 0 Å². The first-order valence-electron chi connectivity index (χ1n) is 8.91. The van der Waals surface area contributed by atoms with E-state index in [0.29, 0.717) is 25.7 Å². The first-order chi connectivity index (χ1) is 12.7. The number of benzene rings is 1. The molecule has 1 aliphatic heterocycles. The van der Waals surface area contributed by atoms with E-state index in [1.165, 1.54) is 5.56 Å². The van der Waals surface area contributed by atoms with Crippen molar-refractivity contribution in [3.8, 4) is 0 Å². The summed E-state index contributed by atoms with van der Waals surface area (Å²) in [5, 5.41) is 4.77. The highest BCUT2D eigenvalue weighted by molar-refractivity contribution is 5.89. The quantitative estimate of drug-likeness (QED) is 0.641. The fraction of sp³-hybridized carbons (Fsp3) is 0.300. The number of hydrazine groups is 1. The standard InChI is InChI=1S/C20H25N5O/c21-25(14-4-7-17-5-2-1-3-6-17)19-10-15-24(16-11-19)20(26)23-18-8-12-22-13-9-18/h1-9,12-13,19H,10-11,14-16,21H2,(H,22,23,26)/b7-4+. The molecule has 2 amide bonds. The maximum absolute atomic E-state index is 12.3. The molecule has 3 rings (SSSR count). The van der Waals surface area contributed by atoms with Gasteiger partial charge in [-0.3, -0.25) is 10.8 Å². The van der Waals surface area contributed by atoms with Crippen molar-refractivity contribution >= 4 is 17.8 Å². The molecule has 136 valence electrons. The summed E-state index contributed by atoms with van der Waals surface area (Å²) >= 11 is 0. The van der Waals surface area contributed by atoms with Crippen LogP contribution in [0, 0.1) is 0 Å². The summed E-state index contributed by atoms with van der Waals surface area (Å²) in [6.45, 7) is 2.11. The van der Waals surface area contributed by atoms with Crippen molar-refractivity contribution in [1.82, 2.24) is 14.9 Å². The van der Waals surface area contributed by atoms with Crippen molar-refractivity contribution < 1.29 is 4.79 Å². The molecule has 1 aromatic carbocycles. The van der Waals surface area contributed by atoms with Gasteiger partial charge in [0.15, 0.2) is 0 Å².